The maximum absolute atomic E-state index is 12.4. The number of pyridine rings is 1. The molecule has 7 heteroatoms. The van der Waals surface area contributed by atoms with Gasteiger partial charge in [-0.25, -0.2) is 8.42 Å². The van der Waals surface area contributed by atoms with Crippen LogP contribution in [-0.4, -0.2) is 23.6 Å². The van der Waals surface area contributed by atoms with Gasteiger partial charge in [0.2, 0.25) is 0 Å². The van der Waals surface area contributed by atoms with Gasteiger partial charge >= 0.3 is 0 Å². The van der Waals surface area contributed by atoms with Crippen molar-refractivity contribution in [1.82, 2.24) is 4.98 Å². The second-order valence-corrected chi connectivity index (χ2v) is 7.04. The van der Waals surface area contributed by atoms with Crippen LogP contribution >= 0.6 is 0 Å². The van der Waals surface area contributed by atoms with Crippen molar-refractivity contribution in [2.45, 2.75) is 0 Å². The van der Waals surface area contributed by atoms with E-state index in [9.17, 15) is 18.6 Å². The molecule has 4 rings (SSSR count). The van der Waals surface area contributed by atoms with Crippen molar-refractivity contribution in [2.75, 3.05) is 4.72 Å². The second-order valence-electron chi connectivity index (χ2n) is 5.39. The third kappa shape index (κ3) is 2.10. The van der Waals surface area contributed by atoms with Gasteiger partial charge in [0.15, 0.2) is 11.5 Å². The van der Waals surface area contributed by atoms with Crippen molar-refractivity contribution >= 4 is 37.6 Å². The number of nitrogens with one attached hydrogen (secondary N) is 1. The first-order valence-electron chi connectivity index (χ1n) is 7.11. The van der Waals surface area contributed by atoms with Crippen LogP contribution in [0.3, 0.4) is 0 Å². The minimum Gasteiger partial charge on any atom is -0.504 e. The zero-order valence-corrected chi connectivity index (χ0v) is 13.1. The molecule has 1 aliphatic rings. The lowest BCUT2D eigenvalue weighted by molar-refractivity contribution is 0.407. The van der Waals surface area contributed by atoms with Gasteiger partial charge in [-0.2, -0.15) is 0 Å². The number of aromatic nitrogens is 1. The monoisotopic (exact) mass is 340 g/mol. The Morgan fingerprint density at radius 3 is 2.67 bits per heavy atom. The van der Waals surface area contributed by atoms with Gasteiger partial charge in [0.05, 0.1) is 10.6 Å². The Labute approximate surface area is 137 Å². The number of nitrogens with zero attached hydrogens (tertiary/aromatic N) is 1. The van der Waals surface area contributed by atoms with Crippen molar-refractivity contribution in [3.63, 3.8) is 0 Å². The van der Waals surface area contributed by atoms with Crippen molar-refractivity contribution in [3.8, 4) is 11.5 Å². The number of para-hydroxylation sites is 1. The topological polar surface area (TPSA) is 99.5 Å². The molecule has 2 heterocycles. The van der Waals surface area contributed by atoms with Gasteiger partial charge < -0.3 is 10.2 Å². The average molecular weight is 340 g/mol. The fourth-order valence-corrected chi connectivity index (χ4v) is 4.10. The van der Waals surface area contributed by atoms with Crippen LogP contribution in [0.4, 0.5) is 5.69 Å². The molecular formula is C17H12N2O4S. The zero-order valence-electron chi connectivity index (χ0n) is 12.3. The molecule has 0 atom stereocenters. The smallest absolute Gasteiger partial charge is 0.262 e. The maximum Gasteiger partial charge on any atom is 0.262 e. The summed E-state index contributed by atoms with van der Waals surface area (Å²) >= 11 is 0. The highest BCUT2D eigenvalue weighted by atomic mass is 32.2. The summed E-state index contributed by atoms with van der Waals surface area (Å²) in [5.74, 6) is -0.610. The van der Waals surface area contributed by atoms with Crippen molar-refractivity contribution in [3.05, 3.63) is 59.8 Å². The number of hydrogen-bond acceptors (Lipinski definition) is 5. The molecule has 120 valence electrons. The Morgan fingerprint density at radius 1 is 1.04 bits per heavy atom. The number of rotatable bonds is 1. The molecule has 2 aromatic carbocycles. The third-order valence-corrected chi connectivity index (χ3v) is 5.32. The minimum atomic E-state index is -3.65. The first-order chi connectivity index (χ1) is 11.5. The van der Waals surface area contributed by atoms with Gasteiger partial charge in [0, 0.05) is 17.1 Å². The Morgan fingerprint density at radius 2 is 1.83 bits per heavy atom. The average Bonchev–Trinajstić information content (AvgIpc) is 2.82. The van der Waals surface area contributed by atoms with Gasteiger partial charge in [-0.15, -0.1) is 0 Å². The molecule has 0 saturated carbocycles. The summed E-state index contributed by atoms with van der Waals surface area (Å²) in [7, 11) is -3.65. The molecule has 6 nitrogen and oxygen atoms in total. The minimum absolute atomic E-state index is 0.151. The first kappa shape index (κ1) is 14.5. The van der Waals surface area contributed by atoms with E-state index >= 15 is 0 Å². The molecule has 0 aliphatic carbocycles. The molecule has 0 radical (unpaired) electrons. The molecule has 0 fully saturated rings. The number of fused-ring (bicyclic) bond motifs is 2. The van der Waals surface area contributed by atoms with E-state index in [0.29, 0.717) is 22.2 Å². The number of anilines is 1. The van der Waals surface area contributed by atoms with E-state index in [4.69, 9.17) is 0 Å². The summed E-state index contributed by atoms with van der Waals surface area (Å²) in [5, 5.41) is 20.1. The standard InChI is InChI=1S/C17H12N2O4S/c20-14-6-5-11-10(7-8-18-16(11)17(14)21)9-15-12-3-1-2-4-13(12)19-24(15,22)23/h1-9,19-21H. The summed E-state index contributed by atoms with van der Waals surface area (Å²) in [6, 6.07) is 11.5. The summed E-state index contributed by atoms with van der Waals surface area (Å²) < 4.78 is 27.3. The molecular weight excluding hydrogens is 328 g/mol. The van der Waals surface area contributed by atoms with Crippen LogP contribution in [-0.2, 0) is 10.0 Å². The fourth-order valence-electron chi connectivity index (χ4n) is 2.77. The lowest BCUT2D eigenvalue weighted by Gasteiger charge is -2.06. The van der Waals surface area contributed by atoms with Crippen LogP contribution in [0.2, 0.25) is 0 Å². The Kier molecular flexibility index (Phi) is 3.01. The number of hydrogen-bond donors (Lipinski definition) is 3. The highest BCUT2D eigenvalue weighted by molar-refractivity contribution is 8.02. The van der Waals surface area contributed by atoms with Crippen LogP contribution in [0.15, 0.2) is 48.7 Å². The molecule has 3 N–H and O–H groups in total. The van der Waals surface area contributed by atoms with E-state index < -0.39 is 10.0 Å². The largest absolute Gasteiger partial charge is 0.504 e. The molecule has 0 amide bonds. The molecule has 1 aromatic heterocycles. The SMILES string of the molecule is O=S1(=O)Nc2ccccc2C1=Cc1ccnc2c(O)c(O)ccc12. The Bertz CT molecular complexity index is 1120. The molecule has 0 spiro atoms. The number of sulfonamides is 1. The lowest BCUT2D eigenvalue weighted by Crippen LogP contribution is -2.05. The number of aromatic hydroxyl groups is 2. The molecule has 24 heavy (non-hydrogen) atoms. The van der Waals surface area contributed by atoms with Crippen molar-refractivity contribution in [1.29, 1.82) is 0 Å². The molecule has 0 saturated heterocycles. The van der Waals surface area contributed by atoms with Gasteiger partial charge in [-0.3, -0.25) is 9.71 Å². The van der Waals surface area contributed by atoms with Crippen LogP contribution in [0.25, 0.3) is 21.9 Å². The van der Waals surface area contributed by atoms with Crippen LogP contribution in [0.1, 0.15) is 11.1 Å². The van der Waals surface area contributed by atoms with Gasteiger partial charge in [-0.05, 0) is 35.9 Å². The molecule has 1 aliphatic heterocycles. The normalized spacial score (nSPS) is 16.9. The molecule has 3 aromatic rings. The summed E-state index contributed by atoms with van der Waals surface area (Å²) in [5.41, 5.74) is 1.90. The summed E-state index contributed by atoms with van der Waals surface area (Å²) in [4.78, 5) is 4.20. The zero-order chi connectivity index (χ0) is 16.9. The van der Waals surface area contributed by atoms with Gasteiger partial charge in [0.25, 0.3) is 10.0 Å². The fraction of sp³-hybridized carbons (Fsp3) is 0. The summed E-state index contributed by atoms with van der Waals surface area (Å²) in [6.45, 7) is 0. The maximum atomic E-state index is 12.4. The quantitative estimate of drug-likeness (QED) is 0.592. The number of phenolic OH excluding ortho intramolecular Hbond substituents is 2. The number of benzene rings is 2. The summed E-state index contributed by atoms with van der Waals surface area (Å²) in [6.07, 6.45) is 2.99. The van der Waals surface area contributed by atoms with Crippen molar-refractivity contribution < 1.29 is 18.6 Å². The first-order valence-corrected chi connectivity index (χ1v) is 8.59. The van der Waals surface area contributed by atoms with E-state index in [1.54, 1.807) is 36.4 Å². The van der Waals surface area contributed by atoms with E-state index in [1.807, 2.05) is 0 Å². The Hall–Kier alpha value is -3.06. The predicted molar refractivity (Wildman–Crippen MR) is 91.9 cm³/mol. The van der Waals surface area contributed by atoms with Crippen LogP contribution < -0.4 is 4.72 Å². The van der Waals surface area contributed by atoms with E-state index in [2.05, 4.69) is 9.71 Å². The third-order valence-electron chi connectivity index (χ3n) is 3.91. The molecule has 0 unspecified atom stereocenters. The second kappa shape index (κ2) is 4.97. The lowest BCUT2D eigenvalue weighted by atomic mass is 10.1. The predicted octanol–water partition coefficient (Wildman–Crippen LogP) is 2.90. The van der Waals surface area contributed by atoms with Crippen LogP contribution in [0.5, 0.6) is 11.5 Å². The van der Waals surface area contributed by atoms with Crippen LogP contribution in [0, 0.1) is 0 Å². The van der Waals surface area contributed by atoms with Crippen molar-refractivity contribution in [2.24, 2.45) is 0 Å². The van der Waals surface area contributed by atoms with Gasteiger partial charge in [0.1, 0.15) is 5.52 Å². The number of phenols is 2. The highest BCUT2D eigenvalue weighted by Gasteiger charge is 2.29. The van der Waals surface area contributed by atoms with E-state index in [0.717, 1.165) is 0 Å². The van der Waals surface area contributed by atoms with E-state index in [1.165, 1.54) is 18.3 Å². The Balaban J connectivity index is 2.00. The van der Waals surface area contributed by atoms with Gasteiger partial charge in [-0.1, -0.05) is 18.2 Å². The van der Waals surface area contributed by atoms with E-state index in [-0.39, 0.29) is 21.9 Å². The molecule has 0 bridgehead atoms. The highest BCUT2D eigenvalue weighted by Crippen LogP contribution is 2.39.